The Morgan fingerprint density at radius 3 is 2.86 bits per heavy atom. The van der Waals surface area contributed by atoms with Crippen molar-refractivity contribution in [2.45, 2.75) is 19.9 Å². The van der Waals surface area contributed by atoms with Crippen LogP contribution in [0.4, 0.5) is 0 Å². The molecule has 0 atom stereocenters. The van der Waals surface area contributed by atoms with Crippen molar-refractivity contribution in [2.75, 3.05) is 26.2 Å². The van der Waals surface area contributed by atoms with E-state index in [9.17, 15) is 9.59 Å². The van der Waals surface area contributed by atoms with Crippen LogP contribution in [0.2, 0.25) is 5.02 Å². The molecule has 3 heterocycles. The van der Waals surface area contributed by atoms with Gasteiger partial charge in [-0.25, -0.2) is 4.98 Å². The van der Waals surface area contributed by atoms with Crippen LogP contribution in [0.5, 0.6) is 0 Å². The molecule has 0 N–H and O–H groups in total. The van der Waals surface area contributed by atoms with Crippen molar-refractivity contribution in [1.29, 1.82) is 0 Å². The molecule has 146 valence electrons. The minimum absolute atomic E-state index is 0.0367. The summed E-state index contributed by atoms with van der Waals surface area (Å²) in [5, 5.41) is 5.46. The van der Waals surface area contributed by atoms with Crippen LogP contribution in [0.25, 0.3) is 4.96 Å². The molecule has 7 nitrogen and oxygen atoms in total. The van der Waals surface area contributed by atoms with Crippen LogP contribution in [0, 0.1) is 6.92 Å². The average Bonchev–Trinajstić information content (AvgIpc) is 2.89. The maximum Gasteiger partial charge on any atom is 0.275 e. The quantitative estimate of drug-likeness (QED) is 0.654. The lowest BCUT2D eigenvalue weighted by Crippen LogP contribution is -2.35. The minimum Gasteiger partial charge on any atom is -0.337 e. The summed E-state index contributed by atoms with van der Waals surface area (Å²) in [5.41, 5.74) is 1.12. The third kappa shape index (κ3) is 3.94. The molecule has 0 aliphatic carbocycles. The van der Waals surface area contributed by atoms with Crippen molar-refractivity contribution >= 4 is 33.8 Å². The lowest BCUT2D eigenvalue weighted by atomic mass is 10.2. The van der Waals surface area contributed by atoms with Crippen LogP contribution in [-0.4, -0.2) is 56.5 Å². The number of aromatic nitrogens is 3. The SMILES string of the molecule is Cc1nn2c(=O)cc(CN3CCCN(C(=O)c4ccccc4Cl)CC3)nc2s1. The Morgan fingerprint density at radius 1 is 1.21 bits per heavy atom. The van der Waals surface area contributed by atoms with Gasteiger partial charge in [-0.15, -0.1) is 0 Å². The van der Waals surface area contributed by atoms with Gasteiger partial charge >= 0.3 is 0 Å². The van der Waals surface area contributed by atoms with Gasteiger partial charge in [0.1, 0.15) is 5.01 Å². The normalized spacial score (nSPS) is 15.7. The van der Waals surface area contributed by atoms with Crippen LogP contribution in [0.15, 0.2) is 35.1 Å². The van der Waals surface area contributed by atoms with Crippen molar-refractivity contribution < 1.29 is 4.79 Å². The molecular weight excluding hydrogens is 398 g/mol. The first-order valence-electron chi connectivity index (χ1n) is 9.14. The maximum atomic E-state index is 12.8. The van der Waals surface area contributed by atoms with E-state index in [1.165, 1.54) is 15.9 Å². The Hall–Kier alpha value is -2.29. The summed E-state index contributed by atoms with van der Waals surface area (Å²) < 4.78 is 1.34. The highest BCUT2D eigenvalue weighted by Crippen LogP contribution is 2.18. The Kier molecular flexibility index (Phi) is 5.43. The number of halogens is 1. The fraction of sp³-hybridized carbons (Fsp3) is 0.368. The van der Waals surface area contributed by atoms with Gasteiger partial charge in [0.05, 0.1) is 16.3 Å². The molecule has 9 heteroatoms. The number of nitrogens with zero attached hydrogens (tertiary/aromatic N) is 5. The highest BCUT2D eigenvalue weighted by Gasteiger charge is 2.22. The van der Waals surface area contributed by atoms with E-state index in [2.05, 4.69) is 15.0 Å². The monoisotopic (exact) mass is 417 g/mol. The maximum absolute atomic E-state index is 12.8. The first kappa shape index (κ1) is 19.0. The predicted molar refractivity (Wildman–Crippen MR) is 109 cm³/mol. The smallest absolute Gasteiger partial charge is 0.275 e. The summed E-state index contributed by atoms with van der Waals surface area (Å²) in [7, 11) is 0. The molecule has 0 bridgehead atoms. The van der Waals surface area contributed by atoms with E-state index >= 15 is 0 Å². The van der Waals surface area contributed by atoms with Crippen LogP contribution < -0.4 is 5.56 Å². The third-order valence-corrected chi connectivity index (χ3v) is 5.92. The fourth-order valence-electron chi connectivity index (χ4n) is 3.40. The number of amides is 1. The fourth-order valence-corrected chi connectivity index (χ4v) is 4.38. The third-order valence-electron chi connectivity index (χ3n) is 4.76. The predicted octanol–water partition coefficient (Wildman–Crippen LogP) is 2.46. The van der Waals surface area contributed by atoms with Crippen molar-refractivity contribution in [2.24, 2.45) is 0 Å². The zero-order chi connectivity index (χ0) is 19.7. The van der Waals surface area contributed by atoms with Gasteiger partial charge in [0.15, 0.2) is 0 Å². The van der Waals surface area contributed by atoms with E-state index in [1.807, 2.05) is 24.0 Å². The molecule has 3 aromatic rings. The van der Waals surface area contributed by atoms with E-state index in [-0.39, 0.29) is 11.5 Å². The number of aryl methyl sites for hydroxylation is 1. The van der Waals surface area contributed by atoms with Gasteiger partial charge < -0.3 is 4.90 Å². The molecule has 28 heavy (non-hydrogen) atoms. The summed E-state index contributed by atoms with van der Waals surface area (Å²) in [6, 6.07) is 8.69. The van der Waals surface area contributed by atoms with Crippen molar-refractivity contribution in [3.05, 3.63) is 62.0 Å². The molecule has 2 aromatic heterocycles. The van der Waals surface area contributed by atoms with E-state index in [1.54, 1.807) is 18.2 Å². The van der Waals surface area contributed by atoms with Crippen LogP contribution in [0.1, 0.15) is 27.5 Å². The average molecular weight is 418 g/mol. The summed E-state index contributed by atoms with van der Waals surface area (Å²) in [4.78, 5) is 34.3. The Balaban J connectivity index is 1.45. The lowest BCUT2D eigenvalue weighted by Gasteiger charge is -2.22. The highest BCUT2D eigenvalue weighted by atomic mass is 35.5. The molecule has 0 radical (unpaired) electrons. The molecule has 0 saturated carbocycles. The Labute approximate surface area is 171 Å². The number of rotatable bonds is 3. The minimum atomic E-state index is -0.158. The van der Waals surface area contributed by atoms with Gasteiger partial charge in [-0.3, -0.25) is 14.5 Å². The summed E-state index contributed by atoms with van der Waals surface area (Å²) in [5.74, 6) is -0.0367. The molecular formula is C19H20ClN5O2S. The summed E-state index contributed by atoms with van der Waals surface area (Å²) in [6.45, 7) is 5.30. The number of hydrogen-bond acceptors (Lipinski definition) is 6. The highest BCUT2D eigenvalue weighted by molar-refractivity contribution is 7.16. The molecule has 0 spiro atoms. The number of carbonyl (C=O) groups is 1. The summed E-state index contributed by atoms with van der Waals surface area (Å²) >= 11 is 7.58. The number of benzene rings is 1. The van der Waals surface area contributed by atoms with E-state index in [0.29, 0.717) is 35.2 Å². The second-order valence-electron chi connectivity index (χ2n) is 6.80. The van der Waals surface area contributed by atoms with Crippen LogP contribution in [0.3, 0.4) is 0 Å². The van der Waals surface area contributed by atoms with Gasteiger partial charge in [-0.1, -0.05) is 35.1 Å². The Morgan fingerprint density at radius 2 is 2.04 bits per heavy atom. The van der Waals surface area contributed by atoms with E-state index in [4.69, 9.17) is 11.6 Å². The molecule has 1 aromatic carbocycles. The number of fused-ring (bicyclic) bond motifs is 1. The zero-order valence-electron chi connectivity index (χ0n) is 15.5. The molecule has 0 unspecified atom stereocenters. The van der Waals surface area contributed by atoms with Gasteiger partial charge in [0, 0.05) is 38.8 Å². The van der Waals surface area contributed by atoms with Crippen molar-refractivity contribution in [3.8, 4) is 0 Å². The van der Waals surface area contributed by atoms with Gasteiger partial charge in [0.2, 0.25) is 4.96 Å². The molecule has 4 rings (SSSR count). The first-order chi connectivity index (χ1) is 13.5. The lowest BCUT2D eigenvalue weighted by molar-refractivity contribution is 0.0761. The second-order valence-corrected chi connectivity index (χ2v) is 8.37. The number of carbonyl (C=O) groups excluding carboxylic acids is 1. The Bertz CT molecular complexity index is 1080. The molecule has 1 aliphatic heterocycles. The molecule has 1 saturated heterocycles. The van der Waals surface area contributed by atoms with Gasteiger partial charge in [-0.2, -0.15) is 9.61 Å². The standard InChI is InChI=1S/C19H20ClN5O2S/c1-13-22-25-17(26)11-14(21-19(25)28-13)12-23-7-4-8-24(10-9-23)18(27)15-5-2-3-6-16(15)20/h2-3,5-6,11H,4,7-10,12H2,1H3. The second kappa shape index (κ2) is 7.98. The van der Waals surface area contributed by atoms with Crippen LogP contribution >= 0.6 is 22.9 Å². The molecule has 1 fully saturated rings. The van der Waals surface area contributed by atoms with Gasteiger partial charge in [-0.05, 0) is 25.5 Å². The van der Waals surface area contributed by atoms with E-state index in [0.717, 1.165) is 30.2 Å². The molecule has 1 amide bonds. The number of hydrogen-bond donors (Lipinski definition) is 0. The largest absolute Gasteiger partial charge is 0.337 e. The molecule has 1 aliphatic rings. The van der Waals surface area contributed by atoms with E-state index < -0.39 is 0 Å². The van der Waals surface area contributed by atoms with Gasteiger partial charge in [0.25, 0.3) is 11.5 Å². The van der Waals surface area contributed by atoms with Crippen LogP contribution in [-0.2, 0) is 6.54 Å². The topological polar surface area (TPSA) is 70.8 Å². The summed E-state index contributed by atoms with van der Waals surface area (Å²) in [6.07, 6.45) is 0.858. The first-order valence-corrected chi connectivity index (χ1v) is 10.3. The zero-order valence-corrected chi connectivity index (χ0v) is 17.0. The van der Waals surface area contributed by atoms with Crippen molar-refractivity contribution in [3.63, 3.8) is 0 Å². The van der Waals surface area contributed by atoms with Crippen molar-refractivity contribution in [1.82, 2.24) is 24.4 Å².